The second-order valence-electron chi connectivity index (χ2n) is 6.50. The van der Waals surface area contributed by atoms with Crippen molar-refractivity contribution in [3.05, 3.63) is 58.1 Å². The quantitative estimate of drug-likeness (QED) is 0.586. The lowest BCUT2D eigenvalue weighted by atomic mass is 10.2. The zero-order valence-corrected chi connectivity index (χ0v) is 18.9. The highest BCUT2D eigenvalue weighted by Crippen LogP contribution is 2.20. The number of aryl methyl sites for hydroxylation is 1. The number of amides is 2. The molecule has 0 bridgehead atoms. The van der Waals surface area contributed by atoms with E-state index in [1.807, 2.05) is 25.1 Å². The third kappa shape index (κ3) is 6.38. The Kier molecular flexibility index (Phi) is 8.11. The topological polar surface area (TPSA) is 119 Å². The van der Waals surface area contributed by atoms with Crippen LogP contribution in [0, 0.1) is 18.3 Å². The van der Waals surface area contributed by atoms with Gasteiger partial charge in [-0.25, -0.2) is 8.42 Å². The van der Waals surface area contributed by atoms with E-state index in [-0.39, 0.29) is 23.8 Å². The molecular weight excluding hydrogens is 472 g/mol. The minimum atomic E-state index is -3.87. The number of rotatable bonds is 8. The van der Waals surface area contributed by atoms with Crippen molar-refractivity contribution in [3.8, 4) is 6.07 Å². The molecule has 2 amide bonds. The summed E-state index contributed by atoms with van der Waals surface area (Å²) in [4.78, 5) is 24.1. The van der Waals surface area contributed by atoms with Gasteiger partial charge in [0, 0.05) is 30.2 Å². The summed E-state index contributed by atoms with van der Waals surface area (Å²) < 4.78 is 26.8. The molecule has 0 aromatic heterocycles. The Morgan fingerprint density at radius 1 is 1.13 bits per heavy atom. The first-order valence-corrected chi connectivity index (χ1v) is 11.2. The molecule has 0 aliphatic carbocycles. The number of nitrogens with zero attached hydrogens (tertiary/aromatic N) is 2. The van der Waals surface area contributed by atoms with Gasteiger partial charge in [-0.2, -0.15) is 9.57 Å². The van der Waals surface area contributed by atoms with Gasteiger partial charge in [0.2, 0.25) is 21.8 Å². The van der Waals surface area contributed by atoms with Crippen LogP contribution in [0.2, 0.25) is 0 Å². The summed E-state index contributed by atoms with van der Waals surface area (Å²) in [5.74, 6) is -0.795. The summed E-state index contributed by atoms with van der Waals surface area (Å²) in [6.07, 6.45) is 0.0454. The number of halogens is 1. The molecule has 2 aromatic carbocycles. The summed E-state index contributed by atoms with van der Waals surface area (Å²) >= 11 is 3.34. The van der Waals surface area contributed by atoms with E-state index in [0.29, 0.717) is 11.3 Å². The number of hydrogen-bond acceptors (Lipinski definition) is 5. The number of carbonyl (C=O) groups is 2. The fraction of sp³-hybridized carbons (Fsp3) is 0.250. The molecule has 0 saturated heterocycles. The number of nitrogens with one attached hydrogen (secondary N) is 2. The Hall–Kier alpha value is -2.74. The lowest BCUT2D eigenvalue weighted by Gasteiger charge is -2.17. The van der Waals surface area contributed by atoms with E-state index in [1.54, 1.807) is 6.07 Å². The lowest BCUT2D eigenvalue weighted by molar-refractivity contribution is -0.121. The van der Waals surface area contributed by atoms with Crippen LogP contribution in [0.25, 0.3) is 0 Å². The Balaban J connectivity index is 1.84. The average Bonchev–Trinajstić information content (AvgIpc) is 2.70. The standard InChI is InChI=1S/C20H21BrN4O4S/c1-14-3-6-16(21)11-18(14)24-19(26)9-10-23-20(27)13-25(2)30(28,29)17-7-4-15(12-22)5-8-17/h3-8,11H,9-10,13H2,1-2H3,(H,23,27)(H,24,26). The van der Waals surface area contributed by atoms with Crippen molar-refractivity contribution in [2.75, 3.05) is 25.5 Å². The first-order chi connectivity index (χ1) is 14.1. The molecule has 10 heteroatoms. The minimum absolute atomic E-state index is 0.0134. The predicted molar refractivity (Wildman–Crippen MR) is 116 cm³/mol. The third-order valence-electron chi connectivity index (χ3n) is 4.21. The van der Waals surface area contributed by atoms with Crippen molar-refractivity contribution in [1.82, 2.24) is 9.62 Å². The smallest absolute Gasteiger partial charge is 0.243 e. The molecule has 158 valence electrons. The molecule has 0 aliphatic heterocycles. The predicted octanol–water partition coefficient (Wildman–Crippen LogP) is 2.39. The number of anilines is 1. The molecule has 0 aliphatic rings. The second kappa shape index (κ2) is 10.3. The van der Waals surface area contributed by atoms with Gasteiger partial charge in [0.1, 0.15) is 0 Å². The molecule has 0 fully saturated rings. The molecule has 0 spiro atoms. The van der Waals surface area contributed by atoms with Crippen molar-refractivity contribution >= 4 is 43.5 Å². The molecule has 0 radical (unpaired) electrons. The van der Waals surface area contributed by atoms with Gasteiger partial charge < -0.3 is 10.6 Å². The third-order valence-corrected chi connectivity index (χ3v) is 6.52. The van der Waals surface area contributed by atoms with Crippen LogP contribution in [0.15, 0.2) is 51.8 Å². The molecule has 0 saturated carbocycles. The van der Waals surface area contributed by atoms with E-state index in [0.717, 1.165) is 14.3 Å². The first-order valence-electron chi connectivity index (χ1n) is 8.92. The minimum Gasteiger partial charge on any atom is -0.354 e. The van der Waals surface area contributed by atoms with Gasteiger partial charge in [-0.3, -0.25) is 9.59 Å². The van der Waals surface area contributed by atoms with E-state index >= 15 is 0 Å². The lowest BCUT2D eigenvalue weighted by Crippen LogP contribution is -2.39. The van der Waals surface area contributed by atoms with E-state index in [9.17, 15) is 18.0 Å². The average molecular weight is 493 g/mol. The highest BCUT2D eigenvalue weighted by atomic mass is 79.9. The van der Waals surface area contributed by atoms with Crippen LogP contribution in [-0.2, 0) is 19.6 Å². The van der Waals surface area contributed by atoms with Crippen LogP contribution in [0.1, 0.15) is 17.5 Å². The van der Waals surface area contributed by atoms with Crippen LogP contribution in [0.4, 0.5) is 5.69 Å². The zero-order valence-electron chi connectivity index (χ0n) is 16.5. The van der Waals surface area contributed by atoms with Crippen LogP contribution in [0.3, 0.4) is 0 Å². The van der Waals surface area contributed by atoms with Crippen LogP contribution in [0.5, 0.6) is 0 Å². The van der Waals surface area contributed by atoms with Crippen molar-refractivity contribution in [1.29, 1.82) is 5.26 Å². The summed E-state index contributed by atoms with van der Waals surface area (Å²) in [6.45, 7) is 1.55. The van der Waals surface area contributed by atoms with Gasteiger partial charge in [-0.05, 0) is 48.9 Å². The van der Waals surface area contributed by atoms with Gasteiger partial charge in [-0.1, -0.05) is 22.0 Å². The normalized spacial score (nSPS) is 11.0. The largest absolute Gasteiger partial charge is 0.354 e. The second-order valence-corrected chi connectivity index (χ2v) is 9.47. The highest BCUT2D eigenvalue weighted by molar-refractivity contribution is 9.10. The Morgan fingerprint density at radius 3 is 2.43 bits per heavy atom. The Labute approximate surface area is 184 Å². The molecule has 2 N–H and O–H groups in total. The first kappa shape index (κ1) is 23.5. The molecule has 30 heavy (non-hydrogen) atoms. The monoisotopic (exact) mass is 492 g/mol. The molecule has 0 unspecified atom stereocenters. The van der Waals surface area contributed by atoms with Crippen molar-refractivity contribution in [2.24, 2.45) is 0 Å². The molecule has 0 heterocycles. The van der Waals surface area contributed by atoms with E-state index < -0.39 is 22.5 Å². The zero-order chi connectivity index (χ0) is 22.3. The van der Waals surface area contributed by atoms with Crippen molar-refractivity contribution in [3.63, 3.8) is 0 Å². The van der Waals surface area contributed by atoms with Crippen LogP contribution >= 0.6 is 15.9 Å². The Morgan fingerprint density at radius 2 is 1.80 bits per heavy atom. The molecule has 2 rings (SSSR count). The summed E-state index contributed by atoms with van der Waals surface area (Å²) in [5.41, 5.74) is 1.92. The van der Waals surface area contributed by atoms with Crippen molar-refractivity contribution in [2.45, 2.75) is 18.2 Å². The van der Waals surface area contributed by atoms with E-state index in [4.69, 9.17) is 5.26 Å². The fourth-order valence-corrected chi connectivity index (χ4v) is 3.97. The van der Waals surface area contributed by atoms with Crippen molar-refractivity contribution < 1.29 is 18.0 Å². The fourth-order valence-electron chi connectivity index (χ4n) is 2.48. The highest BCUT2D eigenvalue weighted by Gasteiger charge is 2.22. The maximum absolute atomic E-state index is 12.5. The van der Waals surface area contributed by atoms with Crippen LogP contribution in [-0.4, -0.2) is 44.7 Å². The number of likely N-dealkylation sites (N-methyl/N-ethyl adjacent to an activating group) is 1. The maximum Gasteiger partial charge on any atom is 0.243 e. The molecular formula is C20H21BrN4O4S. The van der Waals surface area contributed by atoms with Gasteiger partial charge in [0.15, 0.2) is 0 Å². The van der Waals surface area contributed by atoms with E-state index in [1.165, 1.54) is 31.3 Å². The summed E-state index contributed by atoms with van der Waals surface area (Å²) in [7, 11) is -2.58. The number of sulfonamides is 1. The number of carbonyl (C=O) groups excluding carboxylic acids is 2. The van der Waals surface area contributed by atoms with E-state index in [2.05, 4.69) is 26.6 Å². The van der Waals surface area contributed by atoms with Gasteiger partial charge in [0.25, 0.3) is 0 Å². The van der Waals surface area contributed by atoms with Gasteiger partial charge >= 0.3 is 0 Å². The Bertz CT molecular complexity index is 1080. The SMILES string of the molecule is Cc1ccc(Br)cc1NC(=O)CCNC(=O)CN(C)S(=O)(=O)c1ccc(C#N)cc1. The number of benzene rings is 2. The molecule has 0 atom stereocenters. The van der Waals surface area contributed by atoms with Gasteiger partial charge in [0.05, 0.1) is 23.1 Å². The number of hydrogen-bond donors (Lipinski definition) is 2. The number of nitriles is 1. The summed E-state index contributed by atoms with van der Waals surface area (Å²) in [6, 6.07) is 12.9. The molecule has 8 nitrogen and oxygen atoms in total. The molecule has 2 aromatic rings. The van der Waals surface area contributed by atoms with Crippen LogP contribution < -0.4 is 10.6 Å². The summed E-state index contributed by atoms with van der Waals surface area (Å²) in [5, 5.41) is 14.1. The van der Waals surface area contributed by atoms with Gasteiger partial charge in [-0.15, -0.1) is 0 Å². The maximum atomic E-state index is 12.5.